The Morgan fingerprint density at radius 1 is 1.35 bits per heavy atom. The maximum atomic E-state index is 10.6. The molecular weight excluding hydrogens is 216 g/mol. The first-order valence-corrected chi connectivity index (χ1v) is 5.87. The maximum Gasteiger partial charge on any atom is 0.305 e. The van der Waals surface area contributed by atoms with Gasteiger partial charge in [-0.2, -0.15) is 0 Å². The molecule has 0 aliphatic carbocycles. The number of aliphatic carboxylic acids is 1. The SMILES string of the molecule is Cc1ccccc1N(CCCN)CCC(=O)O. The van der Waals surface area contributed by atoms with Crippen molar-refractivity contribution >= 4 is 11.7 Å². The quantitative estimate of drug-likeness (QED) is 0.755. The van der Waals surface area contributed by atoms with Crippen LogP contribution in [0.1, 0.15) is 18.4 Å². The molecule has 0 fully saturated rings. The van der Waals surface area contributed by atoms with Crippen LogP contribution >= 0.6 is 0 Å². The minimum Gasteiger partial charge on any atom is -0.481 e. The highest BCUT2D eigenvalue weighted by molar-refractivity contribution is 5.68. The number of carboxylic acids is 1. The fraction of sp³-hybridized carbons (Fsp3) is 0.462. The van der Waals surface area contributed by atoms with Gasteiger partial charge in [-0.15, -0.1) is 0 Å². The average Bonchev–Trinajstić information content (AvgIpc) is 2.30. The Bertz CT molecular complexity index is 366. The van der Waals surface area contributed by atoms with Gasteiger partial charge in [0.15, 0.2) is 0 Å². The van der Waals surface area contributed by atoms with E-state index in [2.05, 4.69) is 4.90 Å². The number of hydrogen-bond acceptors (Lipinski definition) is 3. The lowest BCUT2D eigenvalue weighted by Crippen LogP contribution is -2.29. The van der Waals surface area contributed by atoms with E-state index < -0.39 is 5.97 Å². The fourth-order valence-electron chi connectivity index (χ4n) is 1.78. The van der Waals surface area contributed by atoms with Crippen LogP contribution in [0.15, 0.2) is 24.3 Å². The Morgan fingerprint density at radius 3 is 2.65 bits per heavy atom. The van der Waals surface area contributed by atoms with Crippen LogP contribution in [0.2, 0.25) is 0 Å². The molecule has 0 heterocycles. The molecule has 1 rings (SSSR count). The number of aryl methyl sites for hydroxylation is 1. The smallest absolute Gasteiger partial charge is 0.305 e. The number of benzene rings is 1. The van der Waals surface area contributed by atoms with Crippen LogP contribution in [0, 0.1) is 6.92 Å². The van der Waals surface area contributed by atoms with E-state index in [0.29, 0.717) is 13.1 Å². The minimum atomic E-state index is -0.767. The van der Waals surface area contributed by atoms with Gasteiger partial charge in [0.05, 0.1) is 6.42 Å². The largest absolute Gasteiger partial charge is 0.481 e. The first-order chi connectivity index (χ1) is 8.15. The topological polar surface area (TPSA) is 66.6 Å². The summed E-state index contributed by atoms with van der Waals surface area (Å²) in [4.78, 5) is 12.7. The van der Waals surface area contributed by atoms with Gasteiger partial charge < -0.3 is 15.7 Å². The molecule has 0 bridgehead atoms. The molecule has 0 aliphatic heterocycles. The third kappa shape index (κ3) is 4.44. The molecule has 4 heteroatoms. The summed E-state index contributed by atoms with van der Waals surface area (Å²) in [6.07, 6.45) is 1.02. The standard InChI is InChI=1S/C13H20N2O2/c1-11-5-2-3-6-12(11)15(9-4-8-14)10-7-13(16)17/h2-3,5-6H,4,7-10,14H2,1H3,(H,16,17). The van der Waals surface area contributed by atoms with Crippen LogP contribution in [0.5, 0.6) is 0 Å². The molecular formula is C13H20N2O2. The van der Waals surface area contributed by atoms with Gasteiger partial charge >= 0.3 is 5.97 Å². The molecule has 0 spiro atoms. The first kappa shape index (κ1) is 13.5. The Labute approximate surface area is 102 Å². The van der Waals surface area contributed by atoms with Crippen LogP contribution in [0.4, 0.5) is 5.69 Å². The predicted octanol–water partition coefficient (Wildman–Crippen LogP) is 1.62. The first-order valence-electron chi connectivity index (χ1n) is 5.87. The third-order valence-corrected chi connectivity index (χ3v) is 2.68. The highest BCUT2D eigenvalue weighted by atomic mass is 16.4. The molecule has 0 saturated carbocycles. The normalized spacial score (nSPS) is 10.2. The van der Waals surface area contributed by atoms with Gasteiger partial charge in [0, 0.05) is 18.8 Å². The third-order valence-electron chi connectivity index (χ3n) is 2.68. The molecule has 3 N–H and O–H groups in total. The summed E-state index contributed by atoms with van der Waals surface area (Å²) in [7, 11) is 0. The van der Waals surface area contributed by atoms with Crippen molar-refractivity contribution in [3.05, 3.63) is 29.8 Å². The zero-order valence-corrected chi connectivity index (χ0v) is 10.2. The Kier molecular flexibility index (Phi) is 5.49. The zero-order valence-electron chi connectivity index (χ0n) is 10.2. The summed E-state index contributed by atoms with van der Waals surface area (Å²) in [5.41, 5.74) is 7.77. The molecule has 0 radical (unpaired) electrons. The highest BCUT2D eigenvalue weighted by Crippen LogP contribution is 2.19. The summed E-state index contributed by atoms with van der Waals surface area (Å²) in [6, 6.07) is 8.01. The number of para-hydroxylation sites is 1. The molecule has 94 valence electrons. The van der Waals surface area contributed by atoms with Gasteiger partial charge in [0.1, 0.15) is 0 Å². The second kappa shape index (κ2) is 6.91. The van der Waals surface area contributed by atoms with Crippen LogP contribution < -0.4 is 10.6 Å². The molecule has 4 nitrogen and oxygen atoms in total. The van der Waals surface area contributed by atoms with E-state index in [9.17, 15) is 4.79 Å². The van der Waals surface area contributed by atoms with Gasteiger partial charge in [-0.3, -0.25) is 4.79 Å². The molecule has 0 amide bonds. The van der Waals surface area contributed by atoms with Crippen molar-refractivity contribution in [1.29, 1.82) is 0 Å². The Balaban J connectivity index is 2.74. The second-order valence-corrected chi connectivity index (χ2v) is 4.06. The summed E-state index contributed by atoms with van der Waals surface area (Å²) in [5, 5.41) is 8.75. The number of nitrogens with two attached hydrogens (primary N) is 1. The van der Waals surface area contributed by atoms with E-state index in [0.717, 1.165) is 24.2 Å². The second-order valence-electron chi connectivity index (χ2n) is 4.06. The maximum absolute atomic E-state index is 10.6. The summed E-state index contributed by atoms with van der Waals surface area (Å²) in [6.45, 7) is 3.98. The lowest BCUT2D eigenvalue weighted by atomic mass is 10.1. The van der Waals surface area contributed by atoms with Crippen molar-refractivity contribution in [2.24, 2.45) is 5.73 Å². The summed E-state index contributed by atoms with van der Waals surface area (Å²) < 4.78 is 0. The van der Waals surface area contributed by atoms with E-state index in [1.807, 2.05) is 31.2 Å². The van der Waals surface area contributed by atoms with Crippen LogP contribution in [0.3, 0.4) is 0 Å². The van der Waals surface area contributed by atoms with Crippen LogP contribution in [-0.4, -0.2) is 30.7 Å². The zero-order chi connectivity index (χ0) is 12.7. The van der Waals surface area contributed by atoms with E-state index in [4.69, 9.17) is 10.8 Å². The molecule has 0 unspecified atom stereocenters. The molecule has 0 saturated heterocycles. The molecule has 0 aromatic heterocycles. The van der Waals surface area contributed by atoms with Crippen molar-refractivity contribution in [2.45, 2.75) is 19.8 Å². The van der Waals surface area contributed by atoms with Gasteiger partial charge in [0.25, 0.3) is 0 Å². The lowest BCUT2D eigenvalue weighted by Gasteiger charge is -2.25. The molecule has 0 aliphatic rings. The van der Waals surface area contributed by atoms with Crippen LogP contribution in [0.25, 0.3) is 0 Å². The number of carbonyl (C=O) groups is 1. The van der Waals surface area contributed by atoms with E-state index in [1.165, 1.54) is 0 Å². The van der Waals surface area contributed by atoms with Gasteiger partial charge in [0.2, 0.25) is 0 Å². The Hall–Kier alpha value is -1.55. The number of carboxylic acid groups (broad SMARTS) is 1. The van der Waals surface area contributed by atoms with Gasteiger partial charge in [-0.1, -0.05) is 18.2 Å². The molecule has 1 aromatic carbocycles. The van der Waals surface area contributed by atoms with Crippen LogP contribution in [-0.2, 0) is 4.79 Å². The van der Waals surface area contributed by atoms with E-state index in [-0.39, 0.29) is 6.42 Å². The van der Waals surface area contributed by atoms with Crippen molar-refractivity contribution in [3.8, 4) is 0 Å². The number of hydrogen-bond donors (Lipinski definition) is 2. The van der Waals surface area contributed by atoms with Crippen molar-refractivity contribution < 1.29 is 9.90 Å². The van der Waals surface area contributed by atoms with Gasteiger partial charge in [-0.05, 0) is 31.5 Å². The average molecular weight is 236 g/mol. The van der Waals surface area contributed by atoms with Crippen molar-refractivity contribution in [2.75, 3.05) is 24.5 Å². The van der Waals surface area contributed by atoms with Crippen molar-refractivity contribution in [3.63, 3.8) is 0 Å². The summed E-state index contributed by atoms with van der Waals surface area (Å²) >= 11 is 0. The van der Waals surface area contributed by atoms with E-state index >= 15 is 0 Å². The molecule has 1 aromatic rings. The summed E-state index contributed by atoms with van der Waals surface area (Å²) in [5.74, 6) is -0.767. The molecule has 0 atom stereocenters. The number of rotatable bonds is 7. The monoisotopic (exact) mass is 236 g/mol. The van der Waals surface area contributed by atoms with Crippen molar-refractivity contribution in [1.82, 2.24) is 0 Å². The number of nitrogens with zero attached hydrogens (tertiary/aromatic N) is 1. The Morgan fingerprint density at radius 2 is 2.06 bits per heavy atom. The minimum absolute atomic E-state index is 0.152. The fourth-order valence-corrected chi connectivity index (χ4v) is 1.78. The highest BCUT2D eigenvalue weighted by Gasteiger charge is 2.09. The van der Waals surface area contributed by atoms with Gasteiger partial charge in [-0.25, -0.2) is 0 Å². The number of anilines is 1. The van der Waals surface area contributed by atoms with E-state index in [1.54, 1.807) is 0 Å². The predicted molar refractivity (Wildman–Crippen MR) is 69.3 cm³/mol. The molecule has 17 heavy (non-hydrogen) atoms. The lowest BCUT2D eigenvalue weighted by molar-refractivity contribution is -0.136.